The largest absolute Gasteiger partial charge is 0.0622 e. The van der Waals surface area contributed by atoms with Crippen molar-refractivity contribution in [3.63, 3.8) is 0 Å². The molecule has 0 radical (unpaired) electrons. The van der Waals surface area contributed by atoms with Crippen LogP contribution in [-0.2, 0) is 0 Å². The third kappa shape index (κ3) is 3.72. The Labute approximate surface area is 183 Å². The molecule has 4 aromatic rings. The van der Waals surface area contributed by atoms with Gasteiger partial charge >= 0.3 is 0 Å². The first-order chi connectivity index (χ1) is 13.7. The molecule has 0 fully saturated rings. The predicted molar refractivity (Wildman–Crippen MR) is 127 cm³/mol. The number of benzene rings is 4. The van der Waals surface area contributed by atoms with Crippen LogP contribution in [0.25, 0.3) is 22.3 Å². The molecular weight excluding hydrogens is 472 g/mol. The van der Waals surface area contributed by atoms with E-state index in [1.807, 2.05) is 0 Å². The Morgan fingerprint density at radius 3 is 1.29 bits per heavy atom. The van der Waals surface area contributed by atoms with Crippen LogP contribution < -0.4 is 0 Å². The van der Waals surface area contributed by atoms with Gasteiger partial charge < -0.3 is 0 Å². The van der Waals surface area contributed by atoms with Gasteiger partial charge in [0.2, 0.25) is 0 Å². The molecule has 0 atom stereocenters. The fourth-order valence-corrected chi connectivity index (χ4v) is 5.29. The lowest BCUT2D eigenvalue weighted by Gasteiger charge is -2.20. The van der Waals surface area contributed by atoms with E-state index in [2.05, 4.69) is 136 Å². The first-order valence-electron chi connectivity index (χ1n) is 9.34. The standard InChI is InChI=1S/C26H20Br2/c1-18(21-14-8-16-23(25(21)27)19-10-4-2-5-11-19)22-15-9-17-24(26(22)28)20-12-6-3-7-13-20/h2-18H,1H3. The van der Waals surface area contributed by atoms with Crippen LogP contribution in [0.1, 0.15) is 24.0 Å². The Balaban J connectivity index is 1.78. The summed E-state index contributed by atoms with van der Waals surface area (Å²) in [6.45, 7) is 2.27. The van der Waals surface area contributed by atoms with E-state index in [-0.39, 0.29) is 5.92 Å². The van der Waals surface area contributed by atoms with Gasteiger partial charge in [0.05, 0.1) is 0 Å². The van der Waals surface area contributed by atoms with E-state index in [1.54, 1.807) is 0 Å². The Hall–Kier alpha value is -2.16. The lowest BCUT2D eigenvalue weighted by molar-refractivity contribution is 0.910. The highest BCUT2D eigenvalue weighted by Gasteiger charge is 2.18. The molecule has 0 saturated carbocycles. The molecule has 0 nitrogen and oxygen atoms in total. The molecule has 0 aliphatic heterocycles. The minimum atomic E-state index is 0.246. The van der Waals surface area contributed by atoms with Gasteiger partial charge in [0.1, 0.15) is 0 Å². The Kier molecular flexibility index (Phi) is 5.79. The molecule has 4 aromatic carbocycles. The van der Waals surface area contributed by atoms with Crippen LogP contribution in [0.4, 0.5) is 0 Å². The minimum absolute atomic E-state index is 0.246. The molecule has 0 N–H and O–H groups in total. The lowest BCUT2D eigenvalue weighted by atomic mass is 9.89. The van der Waals surface area contributed by atoms with E-state index in [1.165, 1.54) is 33.4 Å². The third-order valence-corrected chi connectivity index (χ3v) is 6.93. The number of hydrogen-bond donors (Lipinski definition) is 0. The van der Waals surface area contributed by atoms with E-state index in [4.69, 9.17) is 0 Å². The SMILES string of the molecule is CC(c1cccc(-c2ccccc2)c1Br)c1cccc(-c2ccccc2)c1Br. The van der Waals surface area contributed by atoms with E-state index in [0.717, 1.165) is 8.95 Å². The van der Waals surface area contributed by atoms with Crippen LogP contribution in [-0.4, -0.2) is 0 Å². The fourth-order valence-electron chi connectivity index (χ4n) is 3.62. The third-order valence-electron chi connectivity index (χ3n) is 5.16. The maximum atomic E-state index is 3.89. The van der Waals surface area contributed by atoms with Crippen molar-refractivity contribution in [3.8, 4) is 22.3 Å². The highest BCUT2D eigenvalue weighted by Crippen LogP contribution is 2.41. The van der Waals surface area contributed by atoms with Crippen molar-refractivity contribution in [1.82, 2.24) is 0 Å². The summed E-state index contributed by atoms with van der Waals surface area (Å²) >= 11 is 7.78. The summed E-state index contributed by atoms with van der Waals surface area (Å²) in [5.74, 6) is 0.246. The maximum Gasteiger partial charge on any atom is 0.0291 e. The molecule has 0 amide bonds. The summed E-state index contributed by atoms with van der Waals surface area (Å²) in [5, 5.41) is 0. The molecule has 2 heteroatoms. The Morgan fingerprint density at radius 1 is 0.500 bits per heavy atom. The highest BCUT2D eigenvalue weighted by molar-refractivity contribution is 9.11. The second-order valence-electron chi connectivity index (χ2n) is 6.87. The van der Waals surface area contributed by atoms with Gasteiger partial charge in [-0.05, 0) is 65.2 Å². The number of rotatable bonds is 4. The van der Waals surface area contributed by atoms with Gasteiger partial charge in [-0.2, -0.15) is 0 Å². The smallest absolute Gasteiger partial charge is 0.0291 e. The summed E-state index contributed by atoms with van der Waals surface area (Å²) < 4.78 is 2.32. The van der Waals surface area contributed by atoms with Crippen LogP contribution in [0.2, 0.25) is 0 Å². The summed E-state index contributed by atoms with van der Waals surface area (Å²) in [4.78, 5) is 0. The second kappa shape index (κ2) is 8.46. The van der Waals surface area contributed by atoms with Crippen molar-refractivity contribution in [1.29, 1.82) is 0 Å². The Bertz CT molecular complexity index is 997. The van der Waals surface area contributed by atoms with Crippen LogP contribution >= 0.6 is 31.9 Å². The topological polar surface area (TPSA) is 0 Å². The summed E-state index contributed by atoms with van der Waals surface area (Å²) in [7, 11) is 0. The monoisotopic (exact) mass is 490 g/mol. The van der Waals surface area contributed by atoms with Crippen molar-refractivity contribution in [2.75, 3.05) is 0 Å². The van der Waals surface area contributed by atoms with E-state index >= 15 is 0 Å². The molecule has 0 aliphatic carbocycles. The number of halogens is 2. The first-order valence-corrected chi connectivity index (χ1v) is 10.9. The van der Waals surface area contributed by atoms with Gasteiger partial charge in [0.15, 0.2) is 0 Å². The molecule has 0 heterocycles. The van der Waals surface area contributed by atoms with Crippen molar-refractivity contribution in [3.05, 3.63) is 117 Å². The van der Waals surface area contributed by atoms with Gasteiger partial charge in [0.25, 0.3) is 0 Å². The first kappa shape index (κ1) is 19.2. The molecule has 28 heavy (non-hydrogen) atoms. The molecule has 0 aromatic heterocycles. The molecule has 0 spiro atoms. The molecule has 0 bridgehead atoms. The summed E-state index contributed by atoms with van der Waals surface area (Å²) in [6.07, 6.45) is 0. The number of hydrogen-bond acceptors (Lipinski definition) is 0. The maximum absolute atomic E-state index is 3.89. The molecule has 4 rings (SSSR count). The van der Waals surface area contributed by atoms with Gasteiger partial charge in [-0.15, -0.1) is 0 Å². The fraction of sp³-hybridized carbons (Fsp3) is 0.0769. The van der Waals surface area contributed by atoms with Crippen molar-refractivity contribution >= 4 is 31.9 Å². The van der Waals surface area contributed by atoms with Crippen molar-refractivity contribution in [2.45, 2.75) is 12.8 Å². The van der Waals surface area contributed by atoms with Gasteiger partial charge in [-0.1, -0.05) is 104 Å². The van der Waals surface area contributed by atoms with Crippen molar-refractivity contribution in [2.24, 2.45) is 0 Å². The molecule has 0 unspecified atom stereocenters. The quantitative estimate of drug-likeness (QED) is 0.267. The van der Waals surface area contributed by atoms with Crippen LogP contribution in [0.3, 0.4) is 0 Å². The minimum Gasteiger partial charge on any atom is -0.0622 e. The average Bonchev–Trinajstić information content (AvgIpc) is 2.75. The van der Waals surface area contributed by atoms with Crippen LogP contribution in [0.5, 0.6) is 0 Å². The van der Waals surface area contributed by atoms with Gasteiger partial charge in [-0.3, -0.25) is 0 Å². The van der Waals surface area contributed by atoms with Crippen molar-refractivity contribution < 1.29 is 0 Å². The molecule has 0 saturated heterocycles. The molecule has 138 valence electrons. The Morgan fingerprint density at radius 2 is 0.893 bits per heavy atom. The summed E-state index contributed by atoms with van der Waals surface area (Å²) in [6, 6.07) is 34.1. The second-order valence-corrected chi connectivity index (χ2v) is 8.46. The predicted octanol–water partition coefficient (Wildman–Crippen LogP) is 8.70. The van der Waals surface area contributed by atoms with E-state index < -0.39 is 0 Å². The van der Waals surface area contributed by atoms with Gasteiger partial charge in [-0.25, -0.2) is 0 Å². The normalized spacial score (nSPS) is 11.0. The zero-order valence-electron chi connectivity index (χ0n) is 15.6. The van der Waals surface area contributed by atoms with Gasteiger partial charge in [0, 0.05) is 14.9 Å². The highest BCUT2D eigenvalue weighted by atomic mass is 79.9. The molecular formula is C26H20Br2. The van der Waals surface area contributed by atoms with Crippen LogP contribution in [0, 0.1) is 0 Å². The zero-order valence-corrected chi connectivity index (χ0v) is 18.7. The van der Waals surface area contributed by atoms with Crippen LogP contribution in [0.15, 0.2) is 106 Å². The average molecular weight is 492 g/mol. The zero-order chi connectivity index (χ0) is 19.5. The summed E-state index contributed by atoms with van der Waals surface area (Å²) in [5.41, 5.74) is 7.46. The van der Waals surface area contributed by atoms with E-state index in [0.29, 0.717) is 0 Å². The molecule has 0 aliphatic rings. The lowest BCUT2D eigenvalue weighted by Crippen LogP contribution is -2.00. The van der Waals surface area contributed by atoms with E-state index in [9.17, 15) is 0 Å².